The number of hydrogen-bond acceptors (Lipinski definition) is 3. The SMILES string of the molecule is CCN(CC1CCCN1)C(C)c1cncc(F)c1. The van der Waals surface area contributed by atoms with Gasteiger partial charge in [0, 0.05) is 24.8 Å². The van der Waals surface area contributed by atoms with Crippen LogP contribution in [0.2, 0.25) is 0 Å². The van der Waals surface area contributed by atoms with Crippen molar-refractivity contribution in [3.63, 3.8) is 0 Å². The lowest BCUT2D eigenvalue weighted by Gasteiger charge is -2.30. The third-order valence-corrected chi connectivity index (χ3v) is 3.78. The Bertz CT molecular complexity index is 377. The van der Waals surface area contributed by atoms with Crippen LogP contribution in [0.5, 0.6) is 0 Å². The minimum Gasteiger partial charge on any atom is -0.313 e. The highest BCUT2D eigenvalue weighted by atomic mass is 19.1. The molecular weight excluding hydrogens is 229 g/mol. The zero-order valence-electron chi connectivity index (χ0n) is 11.2. The van der Waals surface area contributed by atoms with E-state index in [0.29, 0.717) is 6.04 Å². The predicted octanol–water partition coefficient (Wildman–Crippen LogP) is 2.36. The third-order valence-electron chi connectivity index (χ3n) is 3.78. The van der Waals surface area contributed by atoms with E-state index in [9.17, 15) is 4.39 Å². The molecule has 0 aliphatic carbocycles. The summed E-state index contributed by atoms with van der Waals surface area (Å²) in [5, 5.41) is 3.51. The van der Waals surface area contributed by atoms with Crippen LogP contribution in [-0.2, 0) is 0 Å². The van der Waals surface area contributed by atoms with Crippen LogP contribution in [-0.4, -0.2) is 35.6 Å². The molecule has 100 valence electrons. The van der Waals surface area contributed by atoms with E-state index >= 15 is 0 Å². The largest absolute Gasteiger partial charge is 0.313 e. The summed E-state index contributed by atoms with van der Waals surface area (Å²) in [6.45, 7) is 7.38. The predicted molar refractivity (Wildman–Crippen MR) is 70.9 cm³/mol. The average molecular weight is 251 g/mol. The number of hydrogen-bond donors (Lipinski definition) is 1. The van der Waals surface area contributed by atoms with Gasteiger partial charge in [0.25, 0.3) is 0 Å². The van der Waals surface area contributed by atoms with Crippen LogP contribution in [0, 0.1) is 5.82 Å². The number of halogens is 1. The summed E-state index contributed by atoms with van der Waals surface area (Å²) in [6.07, 6.45) is 5.52. The van der Waals surface area contributed by atoms with Crippen molar-refractivity contribution < 1.29 is 4.39 Å². The van der Waals surface area contributed by atoms with Gasteiger partial charge in [-0.05, 0) is 44.5 Å². The quantitative estimate of drug-likeness (QED) is 0.870. The topological polar surface area (TPSA) is 28.2 Å². The first-order valence-electron chi connectivity index (χ1n) is 6.78. The van der Waals surface area contributed by atoms with Crippen LogP contribution >= 0.6 is 0 Å². The third kappa shape index (κ3) is 3.27. The molecule has 1 aliphatic rings. The van der Waals surface area contributed by atoms with Gasteiger partial charge in [0.2, 0.25) is 0 Å². The van der Waals surface area contributed by atoms with Gasteiger partial charge in [0.15, 0.2) is 0 Å². The maximum Gasteiger partial charge on any atom is 0.141 e. The van der Waals surface area contributed by atoms with Crippen LogP contribution in [0.3, 0.4) is 0 Å². The number of nitrogens with one attached hydrogen (secondary N) is 1. The first kappa shape index (κ1) is 13.4. The zero-order chi connectivity index (χ0) is 13.0. The van der Waals surface area contributed by atoms with Crippen molar-refractivity contribution in [3.05, 3.63) is 29.8 Å². The fourth-order valence-electron chi connectivity index (χ4n) is 2.62. The molecule has 1 fully saturated rings. The molecule has 2 rings (SSSR count). The Morgan fingerprint density at radius 1 is 1.56 bits per heavy atom. The van der Waals surface area contributed by atoms with Gasteiger partial charge in [-0.1, -0.05) is 6.92 Å². The Hall–Kier alpha value is -1.00. The van der Waals surface area contributed by atoms with E-state index in [2.05, 4.69) is 29.0 Å². The molecular formula is C14H22FN3. The van der Waals surface area contributed by atoms with Crippen molar-refractivity contribution in [1.82, 2.24) is 15.2 Å². The van der Waals surface area contributed by atoms with Gasteiger partial charge < -0.3 is 5.32 Å². The number of aromatic nitrogens is 1. The minimum atomic E-state index is -0.255. The van der Waals surface area contributed by atoms with Gasteiger partial charge in [-0.2, -0.15) is 0 Å². The second-order valence-electron chi connectivity index (χ2n) is 4.99. The van der Waals surface area contributed by atoms with E-state index < -0.39 is 0 Å². The molecule has 0 radical (unpaired) electrons. The van der Waals surface area contributed by atoms with Crippen molar-refractivity contribution in [2.45, 2.75) is 38.8 Å². The van der Waals surface area contributed by atoms with Crippen molar-refractivity contribution in [2.75, 3.05) is 19.6 Å². The normalized spacial score (nSPS) is 21.4. The van der Waals surface area contributed by atoms with Crippen molar-refractivity contribution >= 4 is 0 Å². The van der Waals surface area contributed by atoms with E-state index in [1.807, 2.05) is 0 Å². The summed E-state index contributed by atoms with van der Waals surface area (Å²) in [4.78, 5) is 6.31. The van der Waals surface area contributed by atoms with Gasteiger partial charge in [-0.25, -0.2) is 4.39 Å². The Morgan fingerprint density at radius 3 is 3.00 bits per heavy atom. The van der Waals surface area contributed by atoms with Gasteiger partial charge >= 0.3 is 0 Å². The highest BCUT2D eigenvalue weighted by molar-refractivity contribution is 5.14. The van der Waals surface area contributed by atoms with Gasteiger partial charge in [-0.15, -0.1) is 0 Å². The Balaban J connectivity index is 2.02. The Labute approximate surface area is 108 Å². The number of nitrogens with zero attached hydrogens (tertiary/aromatic N) is 2. The molecule has 18 heavy (non-hydrogen) atoms. The van der Waals surface area contributed by atoms with Crippen molar-refractivity contribution in [1.29, 1.82) is 0 Å². The number of pyridine rings is 1. The molecule has 4 heteroatoms. The summed E-state index contributed by atoms with van der Waals surface area (Å²) in [5.74, 6) is -0.255. The lowest BCUT2D eigenvalue weighted by Crippen LogP contribution is -2.38. The molecule has 1 N–H and O–H groups in total. The molecule has 0 bridgehead atoms. The molecule has 2 unspecified atom stereocenters. The van der Waals surface area contributed by atoms with Crippen LogP contribution in [0.1, 0.15) is 38.3 Å². The maximum atomic E-state index is 13.2. The summed E-state index contributed by atoms with van der Waals surface area (Å²) in [7, 11) is 0. The van der Waals surface area contributed by atoms with Crippen molar-refractivity contribution in [3.8, 4) is 0 Å². The van der Waals surface area contributed by atoms with Crippen LogP contribution in [0.4, 0.5) is 4.39 Å². The molecule has 1 saturated heterocycles. The maximum absolute atomic E-state index is 13.2. The number of likely N-dealkylation sites (N-methyl/N-ethyl adjacent to an activating group) is 1. The lowest BCUT2D eigenvalue weighted by atomic mass is 10.1. The van der Waals surface area contributed by atoms with Crippen LogP contribution in [0.25, 0.3) is 0 Å². The summed E-state index contributed by atoms with van der Waals surface area (Å²) in [5.41, 5.74) is 0.954. The average Bonchev–Trinajstić information content (AvgIpc) is 2.88. The van der Waals surface area contributed by atoms with Gasteiger partial charge in [0.05, 0.1) is 6.20 Å². The molecule has 2 heterocycles. The smallest absolute Gasteiger partial charge is 0.141 e. The highest BCUT2D eigenvalue weighted by Gasteiger charge is 2.21. The van der Waals surface area contributed by atoms with Crippen LogP contribution in [0.15, 0.2) is 18.5 Å². The first-order chi connectivity index (χ1) is 8.70. The van der Waals surface area contributed by atoms with E-state index in [0.717, 1.165) is 25.2 Å². The molecule has 1 aromatic heterocycles. The lowest BCUT2D eigenvalue weighted by molar-refractivity contribution is 0.202. The first-order valence-corrected chi connectivity index (χ1v) is 6.78. The molecule has 0 spiro atoms. The molecule has 1 aliphatic heterocycles. The summed E-state index contributed by atoms with van der Waals surface area (Å²) < 4.78 is 13.2. The Morgan fingerprint density at radius 2 is 2.39 bits per heavy atom. The zero-order valence-corrected chi connectivity index (χ0v) is 11.2. The fraction of sp³-hybridized carbons (Fsp3) is 0.643. The monoisotopic (exact) mass is 251 g/mol. The van der Waals surface area contributed by atoms with Crippen LogP contribution < -0.4 is 5.32 Å². The van der Waals surface area contributed by atoms with E-state index in [1.54, 1.807) is 12.3 Å². The molecule has 0 saturated carbocycles. The fourth-order valence-corrected chi connectivity index (χ4v) is 2.62. The van der Waals surface area contributed by atoms with Gasteiger partial charge in [-0.3, -0.25) is 9.88 Å². The van der Waals surface area contributed by atoms with E-state index in [-0.39, 0.29) is 11.9 Å². The van der Waals surface area contributed by atoms with Gasteiger partial charge in [0.1, 0.15) is 5.82 Å². The standard InChI is InChI=1S/C14H22FN3/c1-3-18(10-14-5-4-6-17-14)11(2)12-7-13(15)9-16-8-12/h7-9,11,14,17H,3-6,10H2,1-2H3. The minimum absolute atomic E-state index is 0.209. The molecule has 0 amide bonds. The molecule has 0 aromatic carbocycles. The Kier molecular flexibility index (Phi) is 4.66. The van der Waals surface area contributed by atoms with E-state index in [1.165, 1.54) is 19.0 Å². The molecule has 1 aromatic rings. The highest BCUT2D eigenvalue weighted by Crippen LogP contribution is 2.21. The molecule has 2 atom stereocenters. The summed E-state index contributed by atoms with van der Waals surface area (Å²) in [6, 6.07) is 2.37. The molecule has 3 nitrogen and oxygen atoms in total. The number of rotatable bonds is 5. The summed E-state index contributed by atoms with van der Waals surface area (Å²) >= 11 is 0. The second-order valence-corrected chi connectivity index (χ2v) is 4.99. The second kappa shape index (κ2) is 6.25. The van der Waals surface area contributed by atoms with E-state index in [4.69, 9.17) is 0 Å². The van der Waals surface area contributed by atoms with Crippen molar-refractivity contribution in [2.24, 2.45) is 0 Å².